The second-order valence-electron chi connectivity index (χ2n) is 5.23. The summed E-state index contributed by atoms with van der Waals surface area (Å²) in [5.41, 5.74) is 6.14. The lowest BCUT2D eigenvalue weighted by atomic mass is 9.93. The Balaban J connectivity index is 2.11. The first kappa shape index (κ1) is 12.7. The van der Waals surface area contributed by atoms with Crippen LogP contribution in [-0.4, -0.2) is 24.0 Å². The largest absolute Gasteiger partial charge is 0.468 e. The first-order valence-electron chi connectivity index (χ1n) is 6.75. The number of furan rings is 1. The summed E-state index contributed by atoms with van der Waals surface area (Å²) in [6.07, 6.45) is 5.64. The number of nitrogens with zero attached hydrogens (tertiary/aromatic N) is 1. The number of piperidine rings is 1. The van der Waals surface area contributed by atoms with Crippen molar-refractivity contribution in [3.05, 3.63) is 24.2 Å². The number of likely N-dealkylation sites (tertiary alicyclic amines) is 1. The highest BCUT2D eigenvalue weighted by atomic mass is 16.3. The predicted molar refractivity (Wildman–Crippen MR) is 69.7 cm³/mol. The van der Waals surface area contributed by atoms with Gasteiger partial charge in [0.15, 0.2) is 0 Å². The smallest absolute Gasteiger partial charge is 0.122 e. The maximum Gasteiger partial charge on any atom is 0.122 e. The number of nitrogens with two attached hydrogens (primary N) is 1. The van der Waals surface area contributed by atoms with Crippen LogP contribution in [0.25, 0.3) is 0 Å². The summed E-state index contributed by atoms with van der Waals surface area (Å²) in [5.74, 6) is 1.83. The van der Waals surface area contributed by atoms with E-state index in [1.165, 1.54) is 19.3 Å². The second-order valence-corrected chi connectivity index (χ2v) is 5.23. The van der Waals surface area contributed by atoms with Crippen LogP contribution in [0.2, 0.25) is 0 Å². The van der Waals surface area contributed by atoms with Crippen molar-refractivity contribution in [1.82, 2.24) is 4.90 Å². The highest BCUT2D eigenvalue weighted by molar-refractivity contribution is 5.07. The molecule has 0 bridgehead atoms. The Kier molecular flexibility index (Phi) is 4.24. The summed E-state index contributed by atoms with van der Waals surface area (Å²) < 4.78 is 5.56. The molecule has 1 fully saturated rings. The fraction of sp³-hybridized carbons (Fsp3) is 0.714. The summed E-state index contributed by atoms with van der Waals surface area (Å²) in [4.78, 5) is 2.50. The Morgan fingerprint density at radius 1 is 1.59 bits per heavy atom. The van der Waals surface area contributed by atoms with E-state index >= 15 is 0 Å². The SMILES string of the molecule is CCC1CCCN(C(c2ccco2)C(C)N)C1. The van der Waals surface area contributed by atoms with Gasteiger partial charge in [-0.05, 0) is 44.4 Å². The van der Waals surface area contributed by atoms with E-state index in [1.807, 2.05) is 12.1 Å². The average molecular weight is 236 g/mol. The van der Waals surface area contributed by atoms with Crippen LogP contribution in [0.5, 0.6) is 0 Å². The molecule has 3 nitrogen and oxygen atoms in total. The van der Waals surface area contributed by atoms with Gasteiger partial charge in [0.2, 0.25) is 0 Å². The molecule has 0 aromatic carbocycles. The van der Waals surface area contributed by atoms with E-state index in [0.717, 1.165) is 24.8 Å². The molecule has 0 radical (unpaired) electrons. The minimum atomic E-state index is 0.108. The molecule has 1 aromatic rings. The van der Waals surface area contributed by atoms with E-state index in [9.17, 15) is 0 Å². The minimum Gasteiger partial charge on any atom is -0.468 e. The summed E-state index contributed by atoms with van der Waals surface area (Å²) in [5, 5.41) is 0. The third-order valence-corrected chi connectivity index (χ3v) is 3.85. The van der Waals surface area contributed by atoms with Crippen molar-refractivity contribution in [3.63, 3.8) is 0 Å². The van der Waals surface area contributed by atoms with E-state index in [2.05, 4.69) is 18.7 Å². The monoisotopic (exact) mass is 236 g/mol. The van der Waals surface area contributed by atoms with E-state index in [4.69, 9.17) is 10.2 Å². The molecule has 3 heteroatoms. The summed E-state index contributed by atoms with van der Waals surface area (Å²) in [7, 11) is 0. The van der Waals surface area contributed by atoms with Gasteiger partial charge in [-0.2, -0.15) is 0 Å². The first-order valence-corrected chi connectivity index (χ1v) is 6.75. The molecule has 2 N–H and O–H groups in total. The quantitative estimate of drug-likeness (QED) is 0.874. The van der Waals surface area contributed by atoms with E-state index in [1.54, 1.807) is 6.26 Å². The van der Waals surface area contributed by atoms with Gasteiger partial charge >= 0.3 is 0 Å². The molecular weight excluding hydrogens is 212 g/mol. The van der Waals surface area contributed by atoms with Crippen molar-refractivity contribution in [2.45, 2.75) is 45.2 Å². The van der Waals surface area contributed by atoms with Gasteiger partial charge in [-0.15, -0.1) is 0 Å². The van der Waals surface area contributed by atoms with E-state index in [0.29, 0.717) is 0 Å². The maximum atomic E-state index is 6.14. The molecule has 2 heterocycles. The Labute approximate surface area is 104 Å². The zero-order valence-electron chi connectivity index (χ0n) is 10.9. The molecule has 17 heavy (non-hydrogen) atoms. The topological polar surface area (TPSA) is 42.4 Å². The third kappa shape index (κ3) is 2.90. The van der Waals surface area contributed by atoms with Gasteiger partial charge in [-0.3, -0.25) is 4.90 Å². The normalized spacial score (nSPS) is 25.7. The van der Waals surface area contributed by atoms with Crippen molar-refractivity contribution in [2.24, 2.45) is 11.7 Å². The van der Waals surface area contributed by atoms with Gasteiger partial charge in [0, 0.05) is 12.6 Å². The molecule has 0 saturated carbocycles. The lowest BCUT2D eigenvalue weighted by Crippen LogP contribution is -2.44. The molecule has 1 aliphatic rings. The van der Waals surface area contributed by atoms with Gasteiger partial charge in [-0.25, -0.2) is 0 Å². The molecular formula is C14H24N2O. The summed E-state index contributed by atoms with van der Waals surface area (Å²) in [6.45, 7) is 6.65. The molecule has 96 valence electrons. The molecule has 0 amide bonds. The van der Waals surface area contributed by atoms with Crippen LogP contribution in [0.3, 0.4) is 0 Å². The number of rotatable bonds is 4. The van der Waals surface area contributed by atoms with Gasteiger partial charge in [0.05, 0.1) is 12.3 Å². The maximum absolute atomic E-state index is 6.14. The van der Waals surface area contributed by atoms with Gasteiger partial charge < -0.3 is 10.2 Å². The third-order valence-electron chi connectivity index (χ3n) is 3.85. The fourth-order valence-corrected chi connectivity index (χ4v) is 2.91. The minimum absolute atomic E-state index is 0.108. The lowest BCUT2D eigenvalue weighted by molar-refractivity contribution is 0.0950. The van der Waals surface area contributed by atoms with Crippen molar-refractivity contribution < 1.29 is 4.42 Å². The van der Waals surface area contributed by atoms with Gasteiger partial charge in [-0.1, -0.05) is 13.3 Å². The summed E-state index contributed by atoms with van der Waals surface area (Å²) in [6, 6.07) is 4.34. The molecule has 0 spiro atoms. The second kappa shape index (κ2) is 5.69. The first-order chi connectivity index (χ1) is 8.22. The van der Waals surface area contributed by atoms with Crippen molar-refractivity contribution >= 4 is 0 Å². The zero-order valence-corrected chi connectivity index (χ0v) is 10.9. The fourth-order valence-electron chi connectivity index (χ4n) is 2.91. The van der Waals surface area contributed by atoms with Crippen LogP contribution in [0, 0.1) is 5.92 Å². The standard InChI is InChI=1S/C14H24N2O/c1-3-12-6-4-8-16(10-12)14(11(2)15)13-7-5-9-17-13/h5,7,9,11-12,14H,3-4,6,8,10,15H2,1-2H3. The molecule has 2 rings (SSSR count). The van der Waals surface area contributed by atoms with Gasteiger partial charge in [0.1, 0.15) is 5.76 Å². The number of hydrogen-bond donors (Lipinski definition) is 1. The van der Waals surface area contributed by atoms with Crippen molar-refractivity contribution in [1.29, 1.82) is 0 Å². The van der Waals surface area contributed by atoms with Crippen molar-refractivity contribution in [3.8, 4) is 0 Å². The van der Waals surface area contributed by atoms with Crippen LogP contribution in [0.1, 0.15) is 44.9 Å². The number of hydrogen-bond acceptors (Lipinski definition) is 3. The Bertz CT molecular complexity index is 321. The molecule has 1 aromatic heterocycles. The lowest BCUT2D eigenvalue weighted by Gasteiger charge is -2.38. The Hall–Kier alpha value is -0.800. The van der Waals surface area contributed by atoms with Crippen LogP contribution >= 0.6 is 0 Å². The van der Waals surface area contributed by atoms with E-state index < -0.39 is 0 Å². The summed E-state index contributed by atoms with van der Waals surface area (Å²) >= 11 is 0. The van der Waals surface area contributed by atoms with E-state index in [-0.39, 0.29) is 12.1 Å². The molecule has 3 atom stereocenters. The zero-order chi connectivity index (χ0) is 12.3. The Morgan fingerprint density at radius 3 is 3.00 bits per heavy atom. The predicted octanol–water partition coefficient (Wildman–Crippen LogP) is 2.79. The highest BCUT2D eigenvalue weighted by Crippen LogP contribution is 2.30. The molecule has 3 unspecified atom stereocenters. The molecule has 0 aliphatic carbocycles. The van der Waals surface area contributed by atoms with Crippen molar-refractivity contribution in [2.75, 3.05) is 13.1 Å². The molecule has 1 saturated heterocycles. The average Bonchev–Trinajstić information content (AvgIpc) is 2.83. The van der Waals surface area contributed by atoms with Crippen LogP contribution in [0.15, 0.2) is 22.8 Å². The van der Waals surface area contributed by atoms with Crippen LogP contribution < -0.4 is 5.73 Å². The van der Waals surface area contributed by atoms with Crippen LogP contribution in [-0.2, 0) is 0 Å². The highest BCUT2D eigenvalue weighted by Gasteiger charge is 2.30. The molecule has 1 aliphatic heterocycles. The van der Waals surface area contributed by atoms with Crippen LogP contribution in [0.4, 0.5) is 0 Å². The van der Waals surface area contributed by atoms with Gasteiger partial charge in [0.25, 0.3) is 0 Å². The Morgan fingerprint density at radius 2 is 2.41 bits per heavy atom.